The van der Waals surface area contributed by atoms with Crippen molar-refractivity contribution in [3.63, 3.8) is 0 Å². The summed E-state index contributed by atoms with van der Waals surface area (Å²) in [4.78, 5) is 15.4. The van der Waals surface area contributed by atoms with E-state index in [1.165, 1.54) is 10.4 Å². The minimum Gasteiger partial charge on any atom is -0.509 e. The minimum atomic E-state index is -3.93. The highest BCUT2D eigenvalue weighted by molar-refractivity contribution is 7.92. The number of benzene rings is 1. The summed E-state index contributed by atoms with van der Waals surface area (Å²) >= 11 is 0. The van der Waals surface area contributed by atoms with Crippen LogP contribution in [0, 0.1) is 10.8 Å². The molecule has 0 bridgehead atoms. The predicted octanol–water partition coefficient (Wildman–Crippen LogP) is 4.66. The topological polar surface area (TPSA) is 129 Å². The molecular weight excluding hydrogens is 527 g/mol. The Labute approximate surface area is 226 Å². The van der Waals surface area contributed by atoms with Crippen molar-refractivity contribution in [2.24, 2.45) is 15.6 Å². The molecule has 1 amide bonds. The van der Waals surface area contributed by atoms with Crippen LogP contribution >= 0.6 is 7.52 Å². The van der Waals surface area contributed by atoms with E-state index < -0.39 is 34.9 Å². The first-order valence-electron chi connectivity index (χ1n) is 12.8. The van der Waals surface area contributed by atoms with Crippen LogP contribution in [0.4, 0.5) is 11.4 Å². The number of amidine groups is 1. The van der Waals surface area contributed by atoms with Gasteiger partial charge in [0.05, 0.1) is 35.6 Å². The molecule has 2 unspecified atom stereocenters. The molecule has 0 saturated heterocycles. The van der Waals surface area contributed by atoms with Crippen molar-refractivity contribution in [2.75, 3.05) is 35.6 Å². The number of nitrogens with zero attached hydrogens (tertiary/aromatic N) is 3. The fourth-order valence-corrected chi connectivity index (χ4v) is 7.55. The molecule has 2 atom stereocenters. The highest BCUT2D eigenvalue weighted by atomic mass is 32.2. The second-order valence-corrected chi connectivity index (χ2v) is 15.9. The van der Waals surface area contributed by atoms with Gasteiger partial charge in [-0.15, -0.1) is 0 Å². The van der Waals surface area contributed by atoms with Crippen molar-refractivity contribution in [2.45, 2.75) is 67.9 Å². The van der Waals surface area contributed by atoms with Crippen LogP contribution in [-0.2, 0) is 23.9 Å². The van der Waals surface area contributed by atoms with Crippen LogP contribution < -0.4 is 14.9 Å². The van der Waals surface area contributed by atoms with Crippen LogP contribution in [0.15, 0.2) is 34.3 Å². The summed E-state index contributed by atoms with van der Waals surface area (Å²) < 4.78 is 49.9. The van der Waals surface area contributed by atoms with Crippen molar-refractivity contribution in [1.82, 2.24) is 4.90 Å². The lowest BCUT2D eigenvalue weighted by Crippen LogP contribution is -2.45. The molecule has 0 fully saturated rings. The Hall–Kier alpha value is -2.36. The third-order valence-electron chi connectivity index (χ3n) is 6.51. The Morgan fingerprint density at radius 2 is 1.82 bits per heavy atom. The second-order valence-electron chi connectivity index (χ2n) is 12.0. The second kappa shape index (κ2) is 10.3. The molecule has 2 aliphatic heterocycles. The summed E-state index contributed by atoms with van der Waals surface area (Å²) in [6, 6.07) is 4.09. The molecule has 1 aromatic carbocycles. The third kappa shape index (κ3) is 5.95. The SMILES string of the molecule is CCOP1(=O)N=C(C2=C(O)C(C(C)(C)C)N(CCC(C)(C)C)C2=O)Nc2ccc(N(CC)S(C)(=O)=O)cc21. The Morgan fingerprint density at radius 3 is 2.32 bits per heavy atom. The molecule has 0 spiro atoms. The molecule has 212 valence electrons. The number of hydrogen-bond donors (Lipinski definition) is 2. The number of carbonyl (C=O) groups excluding carboxylic acids is 1. The lowest BCUT2D eigenvalue weighted by molar-refractivity contribution is -0.128. The van der Waals surface area contributed by atoms with E-state index in [1.807, 2.05) is 20.8 Å². The highest BCUT2D eigenvalue weighted by Gasteiger charge is 2.48. The molecule has 1 aromatic rings. The maximum absolute atomic E-state index is 14.1. The van der Waals surface area contributed by atoms with Crippen molar-refractivity contribution >= 4 is 46.0 Å². The zero-order valence-corrected chi connectivity index (χ0v) is 25.5. The van der Waals surface area contributed by atoms with Crippen LogP contribution in [0.25, 0.3) is 0 Å². The number of hydrogen-bond acceptors (Lipinski definition) is 7. The number of amides is 1. The molecule has 38 heavy (non-hydrogen) atoms. The summed E-state index contributed by atoms with van der Waals surface area (Å²) in [6.45, 7) is 16.2. The van der Waals surface area contributed by atoms with Crippen molar-refractivity contribution in [1.29, 1.82) is 0 Å². The van der Waals surface area contributed by atoms with Gasteiger partial charge in [-0.05, 0) is 49.3 Å². The van der Waals surface area contributed by atoms with E-state index in [9.17, 15) is 22.9 Å². The summed E-state index contributed by atoms with van der Waals surface area (Å²) in [5, 5.41) is 14.7. The summed E-state index contributed by atoms with van der Waals surface area (Å²) in [6.07, 6.45) is 1.83. The minimum absolute atomic E-state index is 0.0208. The number of carbonyl (C=O) groups is 1. The van der Waals surface area contributed by atoms with Crippen LogP contribution in [0.3, 0.4) is 0 Å². The number of aliphatic hydroxyl groups excluding tert-OH is 1. The van der Waals surface area contributed by atoms with Crippen LogP contribution in [0.1, 0.15) is 61.8 Å². The molecular formula is C26H41N4O6PS. The van der Waals surface area contributed by atoms with Gasteiger partial charge in [0, 0.05) is 13.1 Å². The molecule has 10 nitrogen and oxygen atoms in total. The lowest BCUT2D eigenvalue weighted by atomic mass is 9.84. The number of aliphatic hydroxyl groups is 1. The van der Waals surface area contributed by atoms with Crippen LogP contribution in [0.2, 0.25) is 0 Å². The summed E-state index contributed by atoms with van der Waals surface area (Å²) in [5.74, 6) is -0.539. The molecule has 0 saturated carbocycles. The standard InChI is InChI=1S/C26H41N4O6PS/c1-10-30(38(9,34)35)17-12-13-18-19(16-17)37(33,36-11-2)28-23(27-18)20-21(31)22(26(6,7)8)29(24(20)32)15-14-25(3,4)5/h12-13,16,22,31H,10-11,14-15H2,1-9H3,(H,27,28,33). The first-order valence-corrected chi connectivity index (χ1v) is 16.2. The van der Waals surface area contributed by atoms with Gasteiger partial charge in [-0.3, -0.25) is 13.7 Å². The Bertz CT molecular complexity index is 1320. The molecule has 3 rings (SSSR count). The Morgan fingerprint density at radius 1 is 1.18 bits per heavy atom. The number of rotatable bonds is 8. The van der Waals surface area contributed by atoms with Gasteiger partial charge in [0.25, 0.3) is 5.91 Å². The normalized spacial score (nSPS) is 22.3. The Kier molecular flexibility index (Phi) is 8.20. The average molecular weight is 569 g/mol. The predicted molar refractivity (Wildman–Crippen MR) is 153 cm³/mol. The molecule has 2 N–H and O–H groups in total. The number of anilines is 2. The first kappa shape index (κ1) is 30.2. The van der Waals surface area contributed by atoms with Crippen molar-refractivity contribution in [3.8, 4) is 0 Å². The smallest absolute Gasteiger partial charge is 0.348 e. The van der Waals surface area contributed by atoms with Gasteiger partial charge in [-0.25, -0.2) is 8.42 Å². The zero-order chi connectivity index (χ0) is 28.8. The maximum Gasteiger partial charge on any atom is 0.348 e. The van der Waals surface area contributed by atoms with Gasteiger partial charge in [0.2, 0.25) is 10.0 Å². The van der Waals surface area contributed by atoms with E-state index in [1.54, 1.807) is 30.9 Å². The first-order chi connectivity index (χ1) is 17.3. The zero-order valence-electron chi connectivity index (χ0n) is 23.8. The van der Waals surface area contributed by atoms with E-state index in [0.717, 1.165) is 12.7 Å². The van der Waals surface area contributed by atoms with Gasteiger partial charge in [-0.2, -0.15) is 4.76 Å². The fraction of sp³-hybridized carbons (Fsp3) is 0.615. The molecule has 0 aromatic heterocycles. The van der Waals surface area contributed by atoms with Crippen LogP contribution in [-0.4, -0.2) is 62.2 Å². The summed E-state index contributed by atoms with van der Waals surface area (Å²) in [7, 11) is -7.50. The fourth-order valence-electron chi connectivity index (χ4n) is 4.79. The van der Waals surface area contributed by atoms with Gasteiger partial charge < -0.3 is 19.8 Å². The number of fused-ring (bicyclic) bond motifs is 1. The third-order valence-corrected chi connectivity index (χ3v) is 9.83. The van der Waals surface area contributed by atoms with Crippen LogP contribution in [0.5, 0.6) is 0 Å². The van der Waals surface area contributed by atoms with Gasteiger partial charge in [0.15, 0.2) is 5.84 Å². The summed E-state index contributed by atoms with van der Waals surface area (Å²) in [5.41, 5.74) is 0.171. The van der Waals surface area contributed by atoms with E-state index in [4.69, 9.17) is 4.52 Å². The molecule has 0 radical (unpaired) electrons. The lowest BCUT2D eigenvalue weighted by Gasteiger charge is -2.36. The van der Waals surface area contributed by atoms with E-state index in [0.29, 0.717) is 17.9 Å². The number of nitrogens with one attached hydrogen (secondary N) is 1. The highest BCUT2D eigenvalue weighted by Crippen LogP contribution is 2.53. The quantitative estimate of drug-likeness (QED) is 0.437. The monoisotopic (exact) mass is 568 g/mol. The largest absolute Gasteiger partial charge is 0.509 e. The van der Waals surface area contributed by atoms with Gasteiger partial charge >= 0.3 is 7.52 Å². The van der Waals surface area contributed by atoms with E-state index in [2.05, 4.69) is 30.9 Å². The molecule has 2 heterocycles. The Balaban J connectivity index is 2.13. The average Bonchev–Trinajstić information content (AvgIpc) is 3.01. The maximum atomic E-state index is 14.1. The molecule has 12 heteroatoms. The van der Waals surface area contributed by atoms with Gasteiger partial charge in [0.1, 0.15) is 11.3 Å². The number of sulfonamides is 1. The molecule has 0 aliphatic carbocycles. The van der Waals surface area contributed by atoms with Crippen molar-refractivity contribution in [3.05, 3.63) is 29.5 Å². The van der Waals surface area contributed by atoms with E-state index >= 15 is 0 Å². The van der Waals surface area contributed by atoms with Crippen molar-refractivity contribution < 1.29 is 27.4 Å². The van der Waals surface area contributed by atoms with Gasteiger partial charge in [-0.1, -0.05) is 41.5 Å². The molecule has 2 aliphatic rings. The van der Waals surface area contributed by atoms with E-state index in [-0.39, 0.29) is 41.0 Å².